The first-order valence-electron chi connectivity index (χ1n) is 10.4. The van der Waals surface area contributed by atoms with Crippen LogP contribution >= 0.6 is 0 Å². The van der Waals surface area contributed by atoms with Gasteiger partial charge in [-0.2, -0.15) is 0 Å². The van der Waals surface area contributed by atoms with Gasteiger partial charge in [0, 0.05) is 33.6 Å². The van der Waals surface area contributed by atoms with Gasteiger partial charge in [-0.05, 0) is 33.3 Å². The fraction of sp³-hybridized carbons (Fsp3) is 0.591. The second-order valence-electron chi connectivity index (χ2n) is 8.70. The van der Waals surface area contributed by atoms with Gasteiger partial charge in [0.1, 0.15) is 18.2 Å². The maximum atomic E-state index is 12.4. The molecular formula is C22H34N4O5. The molecule has 0 bridgehead atoms. The zero-order valence-electron chi connectivity index (χ0n) is 19.2. The van der Waals surface area contributed by atoms with Crippen LogP contribution in [0.5, 0.6) is 0 Å². The van der Waals surface area contributed by atoms with E-state index >= 15 is 0 Å². The maximum absolute atomic E-state index is 12.4. The van der Waals surface area contributed by atoms with E-state index in [1.165, 1.54) is 4.90 Å². The van der Waals surface area contributed by atoms with Crippen LogP contribution in [0.1, 0.15) is 33.6 Å². The van der Waals surface area contributed by atoms with E-state index in [0.717, 1.165) is 0 Å². The van der Waals surface area contributed by atoms with Crippen LogP contribution in [0.3, 0.4) is 0 Å². The fourth-order valence-electron chi connectivity index (χ4n) is 3.35. The lowest BCUT2D eigenvalue weighted by Gasteiger charge is -2.40. The van der Waals surface area contributed by atoms with E-state index < -0.39 is 17.7 Å². The van der Waals surface area contributed by atoms with Crippen molar-refractivity contribution in [1.29, 1.82) is 0 Å². The number of hydrogen-bond acceptors (Lipinski definition) is 7. The topological polar surface area (TPSA) is 91.4 Å². The van der Waals surface area contributed by atoms with E-state index in [2.05, 4.69) is 18.5 Å². The molecule has 2 heterocycles. The molecule has 0 radical (unpaired) electrons. The monoisotopic (exact) mass is 434 g/mol. The Hall–Kier alpha value is -2.97. The van der Waals surface area contributed by atoms with Crippen molar-refractivity contribution in [3.8, 4) is 0 Å². The van der Waals surface area contributed by atoms with Crippen molar-refractivity contribution in [2.45, 2.75) is 45.3 Å². The van der Waals surface area contributed by atoms with Gasteiger partial charge in [-0.3, -0.25) is 14.9 Å². The van der Waals surface area contributed by atoms with Gasteiger partial charge in [0.25, 0.3) is 0 Å². The summed E-state index contributed by atoms with van der Waals surface area (Å²) in [5.74, 6) is -0.0275. The molecule has 0 aromatic heterocycles. The van der Waals surface area contributed by atoms with Crippen molar-refractivity contribution in [2.75, 3.05) is 40.3 Å². The third-order valence-corrected chi connectivity index (χ3v) is 5.10. The summed E-state index contributed by atoms with van der Waals surface area (Å²) < 4.78 is 11.3. The Kier molecular flexibility index (Phi) is 7.75. The predicted octanol–water partition coefficient (Wildman–Crippen LogP) is 1.83. The number of carbonyl (C=O) groups excluding carboxylic acids is 3. The number of imide groups is 1. The molecule has 1 fully saturated rings. The molecule has 0 aliphatic carbocycles. The van der Waals surface area contributed by atoms with Gasteiger partial charge in [0.15, 0.2) is 5.76 Å². The summed E-state index contributed by atoms with van der Waals surface area (Å²) in [6.45, 7) is 15.3. The number of likely N-dealkylation sites (N-methyl/N-ethyl adjacent to an activating group) is 2. The molecule has 0 aromatic carbocycles. The van der Waals surface area contributed by atoms with Gasteiger partial charge >= 0.3 is 6.09 Å². The number of rotatable bonds is 7. The van der Waals surface area contributed by atoms with Gasteiger partial charge in [0.05, 0.1) is 17.9 Å². The summed E-state index contributed by atoms with van der Waals surface area (Å²) >= 11 is 0. The number of piperidine rings is 1. The van der Waals surface area contributed by atoms with Crippen molar-refractivity contribution in [1.82, 2.24) is 20.0 Å². The summed E-state index contributed by atoms with van der Waals surface area (Å²) in [6, 6.07) is -0.457. The highest BCUT2D eigenvalue weighted by Crippen LogP contribution is 2.28. The number of amides is 3. The molecule has 1 unspecified atom stereocenters. The summed E-state index contributed by atoms with van der Waals surface area (Å²) in [5.41, 5.74) is 0.725. The molecule has 1 atom stereocenters. The van der Waals surface area contributed by atoms with E-state index in [-0.39, 0.29) is 11.8 Å². The van der Waals surface area contributed by atoms with Gasteiger partial charge in [0.2, 0.25) is 11.8 Å². The quantitative estimate of drug-likeness (QED) is 0.611. The Bertz CT molecular complexity index is 783. The Balaban J connectivity index is 2.08. The van der Waals surface area contributed by atoms with E-state index in [9.17, 15) is 14.4 Å². The average Bonchev–Trinajstić information content (AvgIpc) is 2.69. The van der Waals surface area contributed by atoms with Crippen LogP contribution in [-0.2, 0) is 19.1 Å². The number of allylic oxidation sites excluding steroid dienone is 1. The molecule has 2 rings (SSSR count). The molecule has 31 heavy (non-hydrogen) atoms. The van der Waals surface area contributed by atoms with Crippen LogP contribution in [0.4, 0.5) is 4.79 Å². The minimum Gasteiger partial charge on any atom is -0.487 e. The van der Waals surface area contributed by atoms with Crippen LogP contribution in [0.25, 0.3) is 0 Å². The third kappa shape index (κ3) is 6.26. The number of hydrogen-bond donors (Lipinski definition) is 1. The SMILES string of the molecule is C=CC1=C(C(=C)N(C)CCN(C)C(=O)OC(C)(C)C)OCCN1C1CCC(=O)NC1=O. The van der Waals surface area contributed by atoms with Crippen molar-refractivity contribution >= 4 is 17.9 Å². The standard InChI is InChI=1S/C22H34N4O5/c1-8-16-19(30-14-13-26(16)17-9-10-18(27)23-20(17)28)15(2)24(6)11-12-25(7)21(29)31-22(3,4)5/h8,17H,1-2,9-14H2,3-7H3,(H,23,27,28). The number of carbonyl (C=O) groups is 3. The number of nitrogens with one attached hydrogen (secondary N) is 1. The molecule has 2 aliphatic rings. The molecule has 1 saturated heterocycles. The molecule has 2 aliphatic heterocycles. The van der Waals surface area contributed by atoms with Gasteiger partial charge in [-0.1, -0.05) is 13.2 Å². The van der Waals surface area contributed by atoms with Crippen molar-refractivity contribution in [2.24, 2.45) is 0 Å². The van der Waals surface area contributed by atoms with Gasteiger partial charge in [-0.15, -0.1) is 0 Å². The smallest absolute Gasteiger partial charge is 0.410 e. The van der Waals surface area contributed by atoms with E-state index in [0.29, 0.717) is 56.2 Å². The zero-order chi connectivity index (χ0) is 23.3. The first-order valence-corrected chi connectivity index (χ1v) is 10.4. The second kappa shape index (κ2) is 9.89. The Morgan fingerprint density at radius 2 is 1.94 bits per heavy atom. The zero-order valence-corrected chi connectivity index (χ0v) is 19.2. The van der Waals surface area contributed by atoms with Crippen molar-refractivity contribution < 1.29 is 23.9 Å². The third-order valence-electron chi connectivity index (χ3n) is 5.10. The average molecular weight is 435 g/mol. The minimum atomic E-state index is -0.556. The van der Waals surface area contributed by atoms with Crippen LogP contribution < -0.4 is 5.32 Å². The van der Waals surface area contributed by atoms with Gasteiger partial charge < -0.3 is 24.2 Å². The van der Waals surface area contributed by atoms with Crippen LogP contribution in [-0.4, -0.2) is 84.6 Å². The summed E-state index contributed by atoms with van der Waals surface area (Å²) in [4.78, 5) is 41.3. The molecule has 0 spiro atoms. The first kappa shape index (κ1) is 24.3. The van der Waals surface area contributed by atoms with Crippen LogP contribution in [0.15, 0.2) is 36.4 Å². The van der Waals surface area contributed by atoms with E-state index in [4.69, 9.17) is 9.47 Å². The molecule has 1 N–H and O–H groups in total. The fourth-order valence-corrected chi connectivity index (χ4v) is 3.35. The summed E-state index contributed by atoms with van der Waals surface area (Å²) in [5, 5.41) is 2.40. The Labute approximate surface area is 184 Å². The van der Waals surface area contributed by atoms with E-state index in [1.54, 1.807) is 13.1 Å². The van der Waals surface area contributed by atoms with Crippen LogP contribution in [0.2, 0.25) is 0 Å². The van der Waals surface area contributed by atoms with Gasteiger partial charge in [-0.25, -0.2) is 4.79 Å². The number of ether oxygens (including phenoxy) is 2. The molecule has 172 valence electrons. The lowest BCUT2D eigenvalue weighted by Crippen LogP contribution is -2.53. The summed E-state index contributed by atoms with van der Waals surface area (Å²) in [7, 11) is 3.54. The lowest BCUT2D eigenvalue weighted by atomic mass is 10.0. The molecular weight excluding hydrogens is 400 g/mol. The lowest BCUT2D eigenvalue weighted by molar-refractivity contribution is -0.137. The highest BCUT2D eigenvalue weighted by Gasteiger charge is 2.35. The molecule has 0 aromatic rings. The maximum Gasteiger partial charge on any atom is 0.410 e. The normalized spacial score (nSPS) is 19.4. The van der Waals surface area contributed by atoms with E-state index in [1.807, 2.05) is 37.6 Å². The highest BCUT2D eigenvalue weighted by atomic mass is 16.6. The first-order chi connectivity index (χ1) is 14.4. The Morgan fingerprint density at radius 3 is 2.52 bits per heavy atom. The molecule has 0 saturated carbocycles. The largest absolute Gasteiger partial charge is 0.487 e. The number of nitrogens with zero attached hydrogens (tertiary/aromatic N) is 3. The highest BCUT2D eigenvalue weighted by molar-refractivity contribution is 6.00. The summed E-state index contributed by atoms with van der Waals surface area (Å²) in [6.07, 6.45) is 1.99. The molecule has 9 heteroatoms. The molecule has 3 amide bonds. The van der Waals surface area contributed by atoms with Crippen molar-refractivity contribution in [3.63, 3.8) is 0 Å². The minimum absolute atomic E-state index is 0.253. The predicted molar refractivity (Wildman–Crippen MR) is 117 cm³/mol. The molecule has 9 nitrogen and oxygen atoms in total. The Morgan fingerprint density at radius 1 is 1.29 bits per heavy atom. The van der Waals surface area contributed by atoms with Crippen molar-refractivity contribution in [3.05, 3.63) is 36.4 Å². The van der Waals surface area contributed by atoms with Crippen LogP contribution in [0, 0.1) is 0 Å². The second-order valence-corrected chi connectivity index (χ2v) is 8.70.